The van der Waals surface area contributed by atoms with E-state index >= 15 is 0 Å². The van der Waals surface area contributed by atoms with Crippen LogP contribution in [-0.4, -0.2) is 53.1 Å². The number of carbonyl (C=O) groups excluding carboxylic acids is 3. The van der Waals surface area contributed by atoms with E-state index in [1.807, 2.05) is 0 Å². The Morgan fingerprint density at radius 3 is 2.15 bits per heavy atom. The molecule has 0 bridgehead atoms. The second kappa shape index (κ2) is 5.76. The molecule has 27 heavy (non-hydrogen) atoms. The predicted molar refractivity (Wildman–Crippen MR) is 95.1 cm³/mol. The van der Waals surface area contributed by atoms with Gasteiger partial charge in [-0.15, -0.1) is 0 Å². The lowest BCUT2D eigenvalue weighted by Crippen LogP contribution is -2.46. The molecule has 8 nitrogen and oxygen atoms in total. The molecule has 2 saturated heterocycles. The number of benzene rings is 1. The zero-order chi connectivity index (χ0) is 18.9. The highest BCUT2D eigenvalue weighted by Gasteiger charge is 2.47. The largest absolute Gasteiger partial charge is 0.468 e. The van der Waals surface area contributed by atoms with Crippen molar-refractivity contribution in [1.29, 1.82) is 0 Å². The Balaban J connectivity index is 1.76. The Labute approximate surface area is 160 Å². The van der Waals surface area contributed by atoms with Gasteiger partial charge in [0.2, 0.25) is 5.91 Å². The van der Waals surface area contributed by atoms with Crippen LogP contribution < -0.4 is 14.8 Å². The highest BCUT2D eigenvalue weighted by atomic mass is 35.5. The van der Waals surface area contributed by atoms with Crippen LogP contribution in [0.2, 0.25) is 5.02 Å². The van der Waals surface area contributed by atoms with Gasteiger partial charge in [0.05, 0.1) is 0 Å². The van der Waals surface area contributed by atoms with E-state index in [0.29, 0.717) is 25.9 Å². The summed E-state index contributed by atoms with van der Waals surface area (Å²) >= 11 is 6.56. The molecule has 4 aliphatic heterocycles. The zero-order valence-corrected chi connectivity index (χ0v) is 15.5. The van der Waals surface area contributed by atoms with Crippen LogP contribution in [0, 0.1) is 0 Å². The molecule has 2 atom stereocenters. The highest BCUT2D eigenvalue weighted by molar-refractivity contribution is 6.37. The molecule has 9 heteroatoms. The smallest absolute Gasteiger partial charge is 0.262 e. The fraction of sp³-hybridized carbons (Fsp3) is 0.500. The second-order valence-corrected chi connectivity index (χ2v) is 7.58. The summed E-state index contributed by atoms with van der Waals surface area (Å²) in [6.45, 7) is 2.50. The number of nitrogens with one attached hydrogen (secondary N) is 1. The van der Waals surface area contributed by atoms with Crippen molar-refractivity contribution in [3.8, 4) is 11.5 Å². The fourth-order valence-electron chi connectivity index (χ4n) is 4.34. The predicted octanol–water partition coefficient (Wildman–Crippen LogP) is 2.21. The number of fused-ring (bicyclic) bond motifs is 4. The molecule has 4 aliphatic rings. The first kappa shape index (κ1) is 16.7. The first-order chi connectivity index (χ1) is 13.0. The van der Waals surface area contributed by atoms with Crippen LogP contribution >= 0.6 is 11.6 Å². The van der Waals surface area contributed by atoms with Crippen molar-refractivity contribution < 1.29 is 23.9 Å². The Kier molecular flexibility index (Phi) is 3.56. The van der Waals surface area contributed by atoms with E-state index in [0.717, 1.165) is 12.8 Å². The van der Waals surface area contributed by atoms with Gasteiger partial charge in [0, 0.05) is 32.9 Å². The first-order valence-electron chi connectivity index (χ1n) is 9.09. The van der Waals surface area contributed by atoms with Crippen LogP contribution in [0.1, 0.15) is 53.3 Å². The van der Waals surface area contributed by atoms with Gasteiger partial charge in [0.15, 0.2) is 24.0 Å². The van der Waals surface area contributed by atoms with Gasteiger partial charge in [-0.05, 0) is 12.8 Å². The molecule has 0 aliphatic carbocycles. The lowest BCUT2D eigenvalue weighted by Gasteiger charge is -2.38. The van der Waals surface area contributed by atoms with Crippen LogP contribution in [0.25, 0.3) is 0 Å². The molecule has 1 aromatic carbocycles. The summed E-state index contributed by atoms with van der Waals surface area (Å²) in [5.41, 5.74) is 0.482. The number of halogens is 1. The number of amides is 3. The number of rotatable bonds is 1. The van der Waals surface area contributed by atoms with Crippen LogP contribution in [0.15, 0.2) is 0 Å². The second-order valence-electron chi connectivity index (χ2n) is 7.20. The quantitative estimate of drug-likeness (QED) is 0.793. The van der Waals surface area contributed by atoms with E-state index in [4.69, 9.17) is 21.1 Å². The number of carbonyl (C=O) groups is 3. The summed E-state index contributed by atoms with van der Waals surface area (Å²) in [6, 6.07) is 0. The van der Waals surface area contributed by atoms with Gasteiger partial charge in [-0.25, -0.2) is 0 Å². The van der Waals surface area contributed by atoms with Gasteiger partial charge in [-0.1, -0.05) is 11.6 Å². The van der Waals surface area contributed by atoms with E-state index in [-0.39, 0.29) is 51.1 Å². The van der Waals surface area contributed by atoms with E-state index in [9.17, 15) is 14.4 Å². The normalized spacial score (nSPS) is 25.3. The molecule has 0 saturated carbocycles. The fourth-order valence-corrected chi connectivity index (χ4v) is 4.64. The Bertz CT molecular complexity index is 902. The lowest BCUT2D eigenvalue weighted by atomic mass is 10.0. The minimum absolute atomic E-state index is 0.0735. The highest BCUT2D eigenvalue weighted by Crippen LogP contribution is 2.51. The number of nitrogens with zero attached hydrogens (tertiary/aromatic N) is 2. The van der Waals surface area contributed by atoms with Crippen molar-refractivity contribution in [2.45, 2.75) is 45.1 Å². The molecule has 2 fully saturated rings. The van der Waals surface area contributed by atoms with E-state index in [2.05, 4.69) is 5.32 Å². The molecule has 1 aromatic rings. The van der Waals surface area contributed by atoms with E-state index in [1.165, 1.54) is 6.92 Å². The van der Waals surface area contributed by atoms with E-state index in [1.54, 1.807) is 9.80 Å². The van der Waals surface area contributed by atoms with Crippen molar-refractivity contribution in [3.63, 3.8) is 0 Å². The maximum atomic E-state index is 13.1. The molecule has 4 heterocycles. The number of ether oxygens (including phenoxy) is 2. The third kappa shape index (κ3) is 2.25. The summed E-state index contributed by atoms with van der Waals surface area (Å²) in [5.74, 6) is -0.582. The van der Waals surface area contributed by atoms with Crippen molar-refractivity contribution in [1.82, 2.24) is 9.80 Å². The molecule has 3 amide bonds. The number of hydrogen-bond donors (Lipinski definition) is 1. The molecule has 1 unspecified atom stereocenters. The third-order valence-electron chi connectivity index (χ3n) is 5.50. The molecular weight excluding hydrogens is 374 g/mol. The lowest BCUT2D eigenvalue weighted by molar-refractivity contribution is -0.114. The maximum absolute atomic E-state index is 13.1. The van der Waals surface area contributed by atoms with Crippen molar-refractivity contribution >= 4 is 35.0 Å². The Hall–Kier alpha value is -2.48. The third-order valence-corrected chi connectivity index (χ3v) is 5.86. The minimum atomic E-state index is -0.411. The van der Waals surface area contributed by atoms with Crippen LogP contribution in [0.3, 0.4) is 0 Å². The topological polar surface area (TPSA) is 88.2 Å². The van der Waals surface area contributed by atoms with Crippen LogP contribution in [0.5, 0.6) is 11.5 Å². The Morgan fingerprint density at radius 2 is 1.56 bits per heavy atom. The minimum Gasteiger partial charge on any atom is -0.468 e. The van der Waals surface area contributed by atoms with Gasteiger partial charge in [-0.3, -0.25) is 14.4 Å². The van der Waals surface area contributed by atoms with Gasteiger partial charge >= 0.3 is 0 Å². The number of hydrogen-bond acceptors (Lipinski definition) is 5. The van der Waals surface area contributed by atoms with Crippen LogP contribution in [0.4, 0.5) is 5.69 Å². The maximum Gasteiger partial charge on any atom is 0.262 e. The summed E-state index contributed by atoms with van der Waals surface area (Å²) in [4.78, 5) is 41.3. The summed E-state index contributed by atoms with van der Waals surface area (Å²) in [5, 5.41) is 2.75. The monoisotopic (exact) mass is 391 g/mol. The summed E-state index contributed by atoms with van der Waals surface area (Å²) < 4.78 is 12.0. The molecule has 1 N–H and O–H groups in total. The van der Waals surface area contributed by atoms with Crippen molar-refractivity contribution in [2.24, 2.45) is 0 Å². The van der Waals surface area contributed by atoms with Gasteiger partial charge in [0.25, 0.3) is 11.8 Å². The first-order valence-corrected chi connectivity index (χ1v) is 9.47. The SMILES string of the molecule is CC(=O)Nc1c2c(c(Cl)c3c1C(=O)N1CCC[C@@H]1O3)C(=O)N1CCCC1O2. The van der Waals surface area contributed by atoms with Gasteiger partial charge < -0.3 is 24.6 Å². The van der Waals surface area contributed by atoms with Crippen LogP contribution in [-0.2, 0) is 4.79 Å². The standard InChI is InChI=1S/C18H18ClN3O5/c1-8(23)20-14-12-15(26-9-4-2-7-22(9)18(12)25)13(19)11-16(14)27-10-5-3-6-21(10)17(11)24/h9-10H,2-7H2,1H3,(H,20,23)/t9-,10?/m0/s1. The Morgan fingerprint density at radius 1 is 1.00 bits per heavy atom. The van der Waals surface area contributed by atoms with Gasteiger partial charge in [0.1, 0.15) is 21.8 Å². The van der Waals surface area contributed by atoms with E-state index < -0.39 is 12.5 Å². The molecule has 0 aromatic heterocycles. The van der Waals surface area contributed by atoms with Crippen molar-refractivity contribution in [3.05, 3.63) is 16.1 Å². The summed E-state index contributed by atoms with van der Waals surface area (Å²) in [6.07, 6.45) is 2.23. The number of anilines is 1. The molecule has 0 radical (unpaired) electrons. The molecule has 142 valence electrons. The summed E-state index contributed by atoms with van der Waals surface area (Å²) in [7, 11) is 0. The van der Waals surface area contributed by atoms with Gasteiger partial charge in [-0.2, -0.15) is 0 Å². The zero-order valence-electron chi connectivity index (χ0n) is 14.7. The average molecular weight is 392 g/mol. The molecule has 5 rings (SSSR count). The molecular formula is C18H18ClN3O5. The van der Waals surface area contributed by atoms with Crippen molar-refractivity contribution in [2.75, 3.05) is 18.4 Å². The molecule has 0 spiro atoms. The average Bonchev–Trinajstić information content (AvgIpc) is 3.27.